The van der Waals surface area contributed by atoms with Gasteiger partial charge < -0.3 is 40.7 Å². The highest BCUT2D eigenvalue weighted by atomic mass is 32.2. The van der Waals surface area contributed by atoms with Gasteiger partial charge in [-0.2, -0.15) is 0 Å². The van der Waals surface area contributed by atoms with E-state index in [2.05, 4.69) is 21.3 Å². The second kappa shape index (κ2) is 19.8. The molecule has 1 saturated carbocycles. The number of nitrogens with one attached hydrogen (secondary N) is 4. The van der Waals surface area contributed by atoms with Gasteiger partial charge in [0.1, 0.15) is 34.7 Å². The smallest absolute Gasteiger partial charge is 0.329 e. The maximum absolute atomic E-state index is 15.1. The standard InChI is InChI=1S/C46H70N8O9S2/c1-27(2)47-43-50-36(26-64-43)35-21-37(32-19-18-30(62-10)20-34(32)48-35)63-31-23-45(8)40(56)52-46(41(57)58)22-29(46)16-14-12-11-13-15-17-33(39(55)54(45)24-31)49-42(59)51-38(44(5,6)7)25-53(9)65(60,61)28(3)4/h20-21,26-29,31,33,38H,11-19,22-25H2,1-10H3,(H,47,50)(H,52,56)(H,57,58)(H2,49,51,59)/t29?,31?,33-,38?,45?,46+/m0/s1. The molecule has 2 saturated heterocycles. The van der Waals surface area contributed by atoms with E-state index in [1.165, 1.54) is 27.6 Å². The van der Waals surface area contributed by atoms with E-state index >= 15 is 4.79 Å². The molecule has 2 aliphatic heterocycles. The number of sulfonamides is 1. The molecule has 65 heavy (non-hydrogen) atoms. The minimum atomic E-state index is -3.63. The van der Waals surface area contributed by atoms with Crippen LogP contribution in [0.25, 0.3) is 17.5 Å². The molecule has 4 aliphatic rings. The molecule has 2 aromatic heterocycles. The molecule has 6 atom stereocenters. The Hall–Kier alpha value is -4.49. The molecule has 3 fully saturated rings. The second-order valence-corrected chi connectivity index (χ2v) is 23.6. The van der Waals surface area contributed by atoms with E-state index in [1.807, 2.05) is 52.1 Å². The Balaban J connectivity index is 1.34. The number of anilines is 1. The molecule has 0 spiro atoms. The lowest BCUT2D eigenvalue weighted by molar-refractivity contribution is -0.149. The lowest BCUT2D eigenvalue weighted by atomic mass is 9.86. The number of urea groups is 1. The van der Waals surface area contributed by atoms with Crippen molar-refractivity contribution >= 4 is 56.4 Å². The number of likely N-dealkylation sites (N-methyl/N-ethyl adjacent to an activating group) is 1. The summed E-state index contributed by atoms with van der Waals surface area (Å²) in [6.07, 6.45) is 7.58. The summed E-state index contributed by atoms with van der Waals surface area (Å²) in [5.41, 5.74) is -0.839. The van der Waals surface area contributed by atoms with E-state index < -0.39 is 73.8 Å². The van der Waals surface area contributed by atoms with Crippen molar-refractivity contribution in [3.8, 4) is 17.1 Å². The predicted molar refractivity (Wildman–Crippen MR) is 251 cm³/mol. The van der Waals surface area contributed by atoms with Crippen molar-refractivity contribution in [2.45, 2.75) is 167 Å². The summed E-state index contributed by atoms with van der Waals surface area (Å²) in [7, 11) is -0.516. The first-order valence-electron chi connectivity index (χ1n) is 23.1. The molecular formula is C46H70N8O9S2. The summed E-state index contributed by atoms with van der Waals surface area (Å²) in [6.45, 7) is 14.6. The third-order valence-electron chi connectivity index (χ3n) is 13.4. The number of amides is 4. The van der Waals surface area contributed by atoms with Gasteiger partial charge in [0, 0.05) is 61.6 Å². The van der Waals surface area contributed by atoms with E-state index in [-0.39, 0.29) is 37.9 Å². The molecule has 4 unspecified atom stereocenters. The molecule has 0 radical (unpaired) electrons. The average Bonchev–Trinajstić information content (AvgIpc) is 3.53. The molecular weight excluding hydrogens is 873 g/mol. The molecule has 17 nitrogen and oxygen atoms in total. The number of rotatable bonds is 13. The van der Waals surface area contributed by atoms with Crippen molar-refractivity contribution in [1.29, 1.82) is 0 Å². The van der Waals surface area contributed by atoms with Gasteiger partial charge >= 0.3 is 12.0 Å². The first kappa shape index (κ1) is 49.9. The van der Waals surface area contributed by atoms with Gasteiger partial charge in [0.2, 0.25) is 21.8 Å². The van der Waals surface area contributed by atoms with Crippen LogP contribution in [0.4, 0.5) is 9.93 Å². The fraction of sp³-hybridized carbons (Fsp3) is 0.696. The number of hydrogen-bond acceptors (Lipinski definition) is 12. The van der Waals surface area contributed by atoms with Crippen LogP contribution >= 0.6 is 11.3 Å². The van der Waals surface area contributed by atoms with Gasteiger partial charge in [-0.15, -0.1) is 11.3 Å². The van der Waals surface area contributed by atoms with Crippen LogP contribution < -0.4 is 26.0 Å². The topological polar surface area (TPSA) is 221 Å². The molecule has 2 aromatic rings. The third-order valence-corrected chi connectivity index (χ3v) is 16.4. The molecule has 4 heterocycles. The Morgan fingerprint density at radius 3 is 2.38 bits per heavy atom. The lowest BCUT2D eigenvalue weighted by Crippen LogP contribution is -2.63. The van der Waals surface area contributed by atoms with Gasteiger partial charge in [0.25, 0.3) is 0 Å². The van der Waals surface area contributed by atoms with Crippen LogP contribution in [0.3, 0.4) is 0 Å². The largest absolute Gasteiger partial charge is 0.501 e. The highest BCUT2D eigenvalue weighted by Crippen LogP contribution is 2.48. The third kappa shape index (κ3) is 11.2. The normalized spacial score (nSPS) is 25.9. The Morgan fingerprint density at radius 1 is 1.05 bits per heavy atom. The van der Waals surface area contributed by atoms with Gasteiger partial charge in [-0.1, -0.05) is 52.9 Å². The summed E-state index contributed by atoms with van der Waals surface area (Å²) in [6, 6.07) is -0.324. The number of hydrogen-bond donors (Lipinski definition) is 5. The number of aromatic nitrogens is 2. The Kier molecular flexibility index (Phi) is 15.2. The second-order valence-electron chi connectivity index (χ2n) is 20.1. The quantitative estimate of drug-likeness (QED) is 0.153. The van der Waals surface area contributed by atoms with E-state index in [4.69, 9.17) is 19.4 Å². The maximum Gasteiger partial charge on any atom is 0.329 e. The number of carboxylic acid groups (broad SMARTS) is 1. The highest BCUT2D eigenvalue weighted by molar-refractivity contribution is 7.89. The number of nitrogens with zero attached hydrogens (tertiary/aromatic N) is 4. The number of thiazole rings is 1. The monoisotopic (exact) mass is 942 g/mol. The molecule has 0 aromatic carbocycles. The van der Waals surface area contributed by atoms with Gasteiger partial charge in [-0.25, -0.2) is 32.3 Å². The van der Waals surface area contributed by atoms with E-state index in [0.29, 0.717) is 54.9 Å². The van der Waals surface area contributed by atoms with E-state index in [1.54, 1.807) is 27.9 Å². The zero-order chi connectivity index (χ0) is 47.6. The number of carbonyl (C=O) groups excluding carboxylic acids is 3. The molecule has 2 aliphatic carbocycles. The van der Waals surface area contributed by atoms with Crippen LogP contribution in [0.15, 0.2) is 17.2 Å². The molecule has 5 N–H and O–H groups in total. The van der Waals surface area contributed by atoms with E-state index in [9.17, 15) is 27.9 Å². The summed E-state index contributed by atoms with van der Waals surface area (Å²) < 4.78 is 39.8. The molecule has 360 valence electrons. The zero-order valence-corrected chi connectivity index (χ0v) is 41.3. The van der Waals surface area contributed by atoms with E-state index in [0.717, 1.165) is 42.1 Å². The summed E-state index contributed by atoms with van der Waals surface area (Å²) in [5, 5.41) is 24.7. The number of aliphatic carboxylic acids is 1. The summed E-state index contributed by atoms with van der Waals surface area (Å²) >= 11 is 1.47. The minimum absolute atomic E-state index is 0.00716. The number of pyridine rings is 1. The molecule has 6 rings (SSSR count). The predicted octanol–water partition coefficient (Wildman–Crippen LogP) is 6.15. The lowest BCUT2D eigenvalue weighted by Gasteiger charge is -2.37. The number of carboxylic acids is 1. The summed E-state index contributed by atoms with van der Waals surface area (Å²) in [4.78, 5) is 68.0. The van der Waals surface area contributed by atoms with Crippen molar-refractivity contribution in [3.05, 3.63) is 28.5 Å². The fourth-order valence-electron chi connectivity index (χ4n) is 9.16. The van der Waals surface area contributed by atoms with Crippen LogP contribution in [-0.4, -0.2) is 124 Å². The SMILES string of the molecule is COC1=Cc2nc(-c3csc(NC(C)C)n3)cc(OC3CN4C(=O)[C@@H](NC(=O)NC(CN(C)S(=O)(=O)C(C)C)C(C)(C)C)CCCCCCCC5C[C@@]5(C(=O)O)NC(=O)C4(C)C3)c2CC1. The first-order chi connectivity index (χ1) is 30.5. The van der Waals surface area contributed by atoms with Crippen LogP contribution in [0.5, 0.6) is 5.75 Å². The number of fused-ring (bicyclic) bond motifs is 3. The maximum atomic E-state index is 15.1. The minimum Gasteiger partial charge on any atom is -0.501 e. The molecule has 4 amide bonds. The Bertz CT molecular complexity index is 2240. The number of allylic oxidation sites excluding steroid dienone is 1. The van der Waals surface area contributed by atoms with Crippen molar-refractivity contribution in [3.63, 3.8) is 0 Å². The average molecular weight is 943 g/mol. The van der Waals surface area contributed by atoms with Crippen LogP contribution in [0.1, 0.15) is 131 Å². The van der Waals surface area contributed by atoms with Gasteiger partial charge in [0.15, 0.2) is 5.13 Å². The van der Waals surface area contributed by atoms with Gasteiger partial charge in [0.05, 0.1) is 36.1 Å². The van der Waals surface area contributed by atoms with Crippen molar-refractivity contribution in [1.82, 2.24) is 35.1 Å². The Morgan fingerprint density at radius 2 is 1.74 bits per heavy atom. The van der Waals surface area contributed by atoms with Crippen molar-refractivity contribution in [2.24, 2.45) is 11.3 Å². The van der Waals surface area contributed by atoms with Crippen LogP contribution in [-0.2, 0) is 35.6 Å². The Labute approximate surface area is 388 Å². The van der Waals surface area contributed by atoms with Gasteiger partial charge in [-0.3, -0.25) is 9.59 Å². The molecule has 0 bridgehead atoms. The van der Waals surface area contributed by atoms with Crippen LogP contribution in [0, 0.1) is 11.3 Å². The van der Waals surface area contributed by atoms with Gasteiger partial charge in [-0.05, 0) is 71.6 Å². The highest BCUT2D eigenvalue weighted by Gasteiger charge is 2.63. The number of ether oxygens (including phenoxy) is 2. The number of carbonyl (C=O) groups is 4. The van der Waals surface area contributed by atoms with Crippen LogP contribution in [0.2, 0.25) is 0 Å². The van der Waals surface area contributed by atoms with Crippen molar-refractivity contribution in [2.75, 3.05) is 32.6 Å². The molecule has 19 heteroatoms. The summed E-state index contributed by atoms with van der Waals surface area (Å²) in [5.74, 6) is -1.13. The number of methoxy groups -OCH3 is 1. The first-order valence-corrected chi connectivity index (χ1v) is 25.4. The fourth-order valence-corrected chi connectivity index (χ4v) is 11.1. The zero-order valence-electron chi connectivity index (χ0n) is 39.7. The van der Waals surface area contributed by atoms with Crippen molar-refractivity contribution < 1.29 is 42.2 Å².